The van der Waals surface area contributed by atoms with E-state index in [0.29, 0.717) is 11.1 Å². The summed E-state index contributed by atoms with van der Waals surface area (Å²) in [6.45, 7) is 0.320. The molecule has 2 rings (SSSR count). The van der Waals surface area contributed by atoms with Gasteiger partial charge in [-0.2, -0.15) is 0 Å². The molecule has 1 N–H and O–H groups in total. The van der Waals surface area contributed by atoms with Crippen molar-refractivity contribution in [1.82, 2.24) is 0 Å². The van der Waals surface area contributed by atoms with Crippen molar-refractivity contribution in [2.75, 3.05) is 6.61 Å². The van der Waals surface area contributed by atoms with Crippen LogP contribution in [0.3, 0.4) is 0 Å². The van der Waals surface area contributed by atoms with E-state index in [1.165, 1.54) is 0 Å². The zero-order valence-corrected chi connectivity index (χ0v) is 15.0. The number of hydrogen-bond acceptors (Lipinski definition) is 2. The van der Waals surface area contributed by atoms with Crippen LogP contribution in [0.5, 0.6) is 0 Å². The van der Waals surface area contributed by atoms with Crippen LogP contribution in [-0.2, 0) is 4.74 Å². The van der Waals surface area contributed by atoms with E-state index in [1.807, 2.05) is 72.8 Å². The van der Waals surface area contributed by atoms with Gasteiger partial charge in [0.2, 0.25) is 0 Å². The molecule has 0 aliphatic heterocycles. The smallest absolute Gasteiger partial charge is 0.188 e. The topological polar surface area (TPSA) is 29.5 Å². The van der Waals surface area contributed by atoms with Gasteiger partial charge in [0.25, 0.3) is 0 Å². The summed E-state index contributed by atoms with van der Waals surface area (Å²) in [6.07, 6.45) is 4.67. The summed E-state index contributed by atoms with van der Waals surface area (Å²) in [5, 5.41) is 9.95. The van der Waals surface area contributed by atoms with Gasteiger partial charge in [0.05, 0.1) is 11.1 Å². The van der Waals surface area contributed by atoms with Crippen LogP contribution in [0.15, 0.2) is 69.6 Å². The third kappa shape index (κ3) is 5.54. The lowest BCUT2D eigenvalue weighted by Gasteiger charge is -2.09. The Morgan fingerprint density at radius 2 is 1.77 bits per heavy atom. The maximum Gasteiger partial charge on any atom is 0.188 e. The van der Waals surface area contributed by atoms with Crippen LogP contribution in [0.25, 0.3) is 12.2 Å². The third-order valence-electron chi connectivity index (χ3n) is 2.89. The van der Waals surface area contributed by atoms with Crippen molar-refractivity contribution in [2.45, 2.75) is 6.29 Å². The molecule has 0 saturated carbocycles. The monoisotopic (exact) mass is 422 g/mol. The highest BCUT2D eigenvalue weighted by atomic mass is 79.9. The minimum absolute atomic E-state index is 0.320. The molecule has 0 amide bonds. The highest BCUT2D eigenvalue weighted by Gasteiger charge is 2.07. The van der Waals surface area contributed by atoms with E-state index >= 15 is 0 Å². The number of benzene rings is 2. The Morgan fingerprint density at radius 1 is 1.09 bits per heavy atom. The molecule has 0 fully saturated rings. The molecule has 0 saturated heterocycles. The van der Waals surface area contributed by atoms with Crippen molar-refractivity contribution < 1.29 is 9.84 Å². The molecule has 0 spiro atoms. The minimum atomic E-state index is -0.982. The molecule has 0 aliphatic rings. The fourth-order valence-electron chi connectivity index (χ4n) is 1.79. The lowest BCUT2D eigenvalue weighted by Crippen LogP contribution is -2.11. The quantitative estimate of drug-likeness (QED) is 0.644. The number of ether oxygens (including phenoxy) is 1. The van der Waals surface area contributed by atoms with Crippen LogP contribution in [0.4, 0.5) is 0 Å². The molecule has 114 valence electrons. The van der Waals surface area contributed by atoms with Crippen LogP contribution in [-0.4, -0.2) is 18.0 Å². The van der Waals surface area contributed by atoms with Gasteiger partial charge in [-0.15, -0.1) is 0 Å². The molecule has 0 aromatic heterocycles. The standard InChI is InChI=1S/C18H16Br2O2/c19-16-11-5-4-9-15(16)10-6-12-22-18(21)17(20)13-14-7-2-1-3-8-14/h1-11,13,18,21H,12H2. The molecular formula is C18H16Br2O2. The van der Waals surface area contributed by atoms with E-state index in [2.05, 4.69) is 31.9 Å². The molecule has 2 aromatic rings. The van der Waals surface area contributed by atoms with Crippen LogP contribution in [0, 0.1) is 0 Å². The summed E-state index contributed by atoms with van der Waals surface area (Å²) < 4.78 is 6.99. The van der Waals surface area contributed by atoms with Gasteiger partial charge in [-0.1, -0.05) is 92.5 Å². The predicted molar refractivity (Wildman–Crippen MR) is 98.5 cm³/mol. The number of halogens is 2. The van der Waals surface area contributed by atoms with Crippen LogP contribution in [0.2, 0.25) is 0 Å². The molecule has 0 bridgehead atoms. The molecular weight excluding hydrogens is 408 g/mol. The van der Waals surface area contributed by atoms with E-state index in [4.69, 9.17) is 4.74 Å². The van der Waals surface area contributed by atoms with Gasteiger partial charge >= 0.3 is 0 Å². The molecule has 0 radical (unpaired) electrons. The second kappa shape index (κ2) is 9.06. The van der Waals surface area contributed by atoms with Gasteiger partial charge in [-0.25, -0.2) is 0 Å². The van der Waals surface area contributed by atoms with Crippen molar-refractivity contribution in [3.8, 4) is 0 Å². The highest BCUT2D eigenvalue weighted by Crippen LogP contribution is 2.18. The van der Waals surface area contributed by atoms with E-state index < -0.39 is 6.29 Å². The van der Waals surface area contributed by atoms with E-state index in [0.717, 1.165) is 15.6 Å². The first-order valence-corrected chi connectivity index (χ1v) is 8.38. The molecule has 4 heteroatoms. The van der Waals surface area contributed by atoms with Crippen molar-refractivity contribution in [3.05, 3.63) is 80.8 Å². The fraction of sp³-hybridized carbons (Fsp3) is 0.111. The van der Waals surface area contributed by atoms with Gasteiger partial charge in [-0.3, -0.25) is 0 Å². The lowest BCUT2D eigenvalue weighted by atomic mass is 10.2. The summed E-state index contributed by atoms with van der Waals surface area (Å²) in [4.78, 5) is 0. The Hall–Kier alpha value is -1.20. The average Bonchev–Trinajstić information content (AvgIpc) is 2.53. The van der Waals surface area contributed by atoms with Gasteiger partial charge in [0.15, 0.2) is 6.29 Å². The first-order chi connectivity index (χ1) is 10.7. The van der Waals surface area contributed by atoms with Crippen LogP contribution in [0.1, 0.15) is 11.1 Å². The summed E-state index contributed by atoms with van der Waals surface area (Å²) in [5.41, 5.74) is 2.07. The Morgan fingerprint density at radius 3 is 2.50 bits per heavy atom. The number of aliphatic hydroxyl groups excluding tert-OH is 1. The van der Waals surface area contributed by atoms with Crippen molar-refractivity contribution >= 4 is 44.0 Å². The van der Waals surface area contributed by atoms with E-state index in [-0.39, 0.29) is 0 Å². The van der Waals surface area contributed by atoms with E-state index in [9.17, 15) is 5.11 Å². The van der Waals surface area contributed by atoms with Gasteiger partial charge in [-0.05, 0) is 23.3 Å². The summed E-state index contributed by atoms with van der Waals surface area (Å²) in [6, 6.07) is 17.7. The van der Waals surface area contributed by atoms with Crippen molar-refractivity contribution in [2.24, 2.45) is 0 Å². The Bertz CT molecular complexity index is 651. The summed E-state index contributed by atoms with van der Waals surface area (Å²) in [7, 11) is 0. The SMILES string of the molecule is OC(OCC=Cc1ccccc1Br)C(Br)=Cc1ccccc1. The predicted octanol–water partition coefficient (Wildman–Crippen LogP) is 5.23. The normalized spacial score (nSPS) is 13.5. The zero-order valence-electron chi connectivity index (χ0n) is 11.8. The van der Waals surface area contributed by atoms with Crippen LogP contribution >= 0.6 is 31.9 Å². The number of hydrogen-bond donors (Lipinski definition) is 1. The molecule has 0 aliphatic carbocycles. The number of rotatable bonds is 6. The maximum absolute atomic E-state index is 9.95. The maximum atomic E-state index is 9.95. The van der Waals surface area contributed by atoms with Gasteiger partial charge in [0.1, 0.15) is 0 Å². The average molecular weight is 424 g/mol. The number of aliphatic hydroxyl groups is 1. The summed E-state index contributed by atoms with van der Waals surface area (Å²) >= 11 is 6.82. The van der Waals surface area contributed by atoms with Gasteiger partial charge < -0.3 is 9.84 Å². The minimum Gasteiger partial charge on any atom is -0.364 e. The third-order valence-corrected chi connectivity index (χ3v) is 4.24. The second-order valence-electron chi connectivity index (χ2n) is 4.55. The molecule has 1 unspecified atom stereocenters. The Labute approximate surface area is 147 Å². The Kier molecular flexibility index (Phi) is 7.06. The lowest BCUT2D eigenvalue weighted by molar-refractivity contribution is -0.0536. The fourth-order valence-corrected chi connectivity index (χ4v) is 2.60. The highest BCUT2D eigenvalue weighted by molar-refractivity contribution is 9.11. The molecule has 2 aromatic carbocycles. The van der Waals surface area contributed by atoms with Crippen molar-refractivity contribution in [1.29, 1.82) is 0 Å². The first-order valence-electron chi connectivity index (χ1n) is 6.79. The molecule has 22 heavy (non-hydrogen) atoms. The van der Waals surface area contributed by atoms with E-state index in [1.54, 1.807) is 0 Å². The molecule has 0 heterocycles. The molecule has 2 nitrogen and oxygen atoms in total. The van der Waals surface area contributed by atoms with Crippen molar-refractivity contribution in [3.63, 3.8) is 0 Å². The second-order valence-corrected chi connectivity index (χ2v) is 6.32. The largest absolute Gasteiger partial charge is 0.364 e. The summed E-state index contributed by atoms with van der Waals surface area (Å²) in [5.74, 6) is 0. The first kappa shape index (κ1) is 17.2. The van der Waals surface area contributed by atoms with Crippen LogP contribution < -0.4 is 0 Å². The Balaban J connectivity index is 1.86. The zero-order chi connectivity index (χ0) is 15.8. The van der Waals surface area contributed by atoms with Gasteiger partial charge in [0, 0.05) is 4.47 Å². The molecule has 1 atom stereocenters.